The highest BCUT2D eigenvalue weighted by Gasteiger charge is 2.15. The lowest BCUT2D eigenvalue weighted by Gasteiger charge is -2.21. The van der Waals surface area contributed by atoms with Crippen molar-refractivity contribution in [2.24, 2.45) is 5.92 Å². The van der Waals surface area contributed by atoms with E-state index >= 15 is 0 Å². The number of nitrogens with zero attached hydrogens (tertiary/aromatic N) is 1. The standard InChI is InChI=1S/C16H19FN2S/c1-11-7-13(4-5-14(11)17)15-10-20-16(19-15)8-12-3-2-6-18-9-12/h4-5,7,10,12,18H,2-3,6,8-9H2,1H3. The second-order valence-corrected chi connectivity index (χ2v) is 6.45. The Labute approximate surface area is 123 Å². The summed E-state index contributed by atoms with van der Waals surface area (Å²) >= 11 is 1.72. The van der Waals surface area contributed by atoms with E-state index in [4.69, 9.17) is 4.98 Å². The highest BCUT2D eigenvalue weighted by Crippen LogP contribution is 2.26. The molecule has 1 atom stereocenters. The molecule has 2 heterocycles. The van der Waals surface area contributed by atoms with E-state index in [1.165, 1.54) is 23.9 Å². The summed E-state index contributed by atoms with van der Waals surface area (Å²) in [4.78, 5) is 4.71. The van der Waals surface area contributed by atoms with Crippen molar-refractivity contribution >= 4 is 11.3 Å². The van der Waals surface area contributed by atoms with Crippen molar-refractivity contribution in [2.75, 3.05) is 13.1 Å². The van der Waals surface area contributed by atoms with Crippen LogP contribution in [0.5, 0.6) is 0 Å². The lowest BCUT2D eigenvalue weighted by atomic mass is 9.97. The van der Waals surface area contributed by atoms with E-state index in [1.807, 2.05) is 12.1 Å². The lowest BCUT2D eigenvalue weighted by Crippen LogP contribution is -2.30. The summed E-state index contributed by atoms with van der Waals surface area (Å²) < 4.78 is 13.3. The van der Waals surface area contributed by atoms with E-state index in [-0.39, 0.29) is 5.82 Å². The minimum atomic E-state index is -0.155. The van der Waals surface area contributed by atoms with Gasteiger partial charge in [0.1, 0.15) is 5.82 Å². The second kappa shape index (κ2) is 6.02. The molecular formula is C16H19FN2S. The number of hydrogen-bond acceptors (Lipinski definition) is 3. The molecule has 1 fully saturated rings. The summed E-state index contributed by atoms with van der Waals surface area (Å²) in [5, 5.41) is 6.71. The van der Waals surface area contributed by atoms with Crippen LogP contribution in [0, 0.1) is 18.7 Å². The van der Waals surface area contributed by atoms with Gasteiger partial charge in [-0.1, -0.05) is 0 Å². The number of rotatable bonds is 3. The molecule has 3 rings (SSSR count). The van der Waals surface area contributed by atoms with Gasteiger partial charge in [0.15, 0.2) is 0 Å². The van der Waals surface area contributed by atoms with Gasteiger partial charge in [-0.2, -0.15) is 0 Å². The molecule has 0 amide bonds. The van der Waals surface area contributed by atoms with Gasteiger partial charge in [0.05, 0.1) is 10.7 Å². The molecule has 2 nitrogen and oxygen atoms in total. The molecule has 1 saturated heterocycles. The predicted octanol–water partition coefficient (Wildman–Crippen LogP) is 3.80. The smallest absolute Gasteiger partial charge is 0.126 e. The van der Waals surface area contributed by atoms with Crippen molar-refractivity contribution in [1.29, 1.82) is 0 Å². The maximum Gasteiger partial charge on any atom is 0.126 e. The van der Waals surface area contributed by atoms with Crippen LogP contribution < -0.4 is 5.32 Å². The van der Waals surface area contributed by atoms with Crippen LogP contribution in [-0.4, -0.2) is 18.1 Å². The summed E-state index contributed by atoms with van der Waals surface area (Å²) in [6.45, 7) is 4.04. The molecule has 1 aliphatic heterocycles. The molecular weight excluding hydrogens is 271 g/mol. The summed E-state index contributed by atoms with van der Waals surface area (Å²) in [5.74, 6) is 0.551. The Balaban J connectivity index is 1.73. The normalized spacial score (nSPS) is 19.2. The predicted molar refractivity (Wildman–Crippen MR) is 81.5 cm³/mol. The van der Waals surface area contributed by atoms with Crippen LogP contribution in [0.2, 0.25) is 0 Å². The van der Waals surface area contributed by atoms with Crippen LogP contribution in [0.25, 0.3) is 11.3 Å². The monoisotopic (exact) mass is 290 g/mol. The van der Waals surface area contributed by atoms with Gasteiger partial charge in [0.2, 0.25) is 0 Å². The number of nitrogens with one attached hydrogen (secondary N) is 1. The van der Waals surface area contributed by atoms with Crippen LogP contribution in [0.3, 0.4) is 0 Å². The van der Waals surface area contributed by atoms with Crippen LogP contribution >= 0.6 is 11.3 Å². The summed E-state index contributed by atoms with van der Waals surface area (Å²) in [6, 6.07) is 5.20. The van der Waals surface area contributed by atoms with E-state index in [0.717, 1.165) is 30.8 Å². The maximum atomic E-state index is 13.3. The van der Waals surface area contributed by atoms with Crippen molar-refractivity contribution in [3.8, 4) is 11.3 Å². The van der Waals surface area contributed by atoms with Crippen molar-refractivity contribution in [1.82, 2.24) is 10.3 Å². The van der Waals surface area contributed by atoms with Crippen LogP contribution in [0.1, 0.15) is 23.4 Å². The molecule has 0 saturated carbocycles. The molecule has 1 aliphatic rings. The molecule has 106 valence electrons. The molecule has 2 aromatic rings. The Bertz CT molecular complexity index is 588. The summed E-state index contributed by atoms with van der Waals surface area (Å²) in [7, 11) is 0. The lowest BCUT2D eigenvalue weighted by molar-refractivity contribution is 0.376. The first-order valence-corrected chi connectivity index (χ1v) is 8.02. The molecule has 1 aromatic carbocycles. The number of hydrogen-bond donors (Lipinski definition) is 1. The van der Waals surface area contributed by atoms with Gasteiger partial charge < -0.3 is 5.32 Å². The fraction of sp³-hybridized carbons (Fsp3) is 0.438. The van der Waals surface area contributed by atoms with Crippen molar-refractivity contribution < 1.29 is 4.39 Å². The first kappa shape index (κ1) is 13.7. The topological polar surface area (TPSA) is 24.9 Å². The Kier molecular flexibility index (Phi) is 4.13. The van der Waals surface area contributed by atoms with Gasteiger partial charge in [-0.05, 0) is 62.5 Å². The third-order valence-corrected chi connectivity index (χ3v) is 4.74. The van der Waals surface area contributed by atoms with Crippen LogP contribution in [0.15, 0.2) is 23.6 Å². The Morgan fingerprint density at radius 2 is 2.35 bits per heavy atom. The molecule has 4 heteroatoms. The van der Waals surface area contributed by atoms with E-state index < -0.39 is 0 Å². The van der Waals surface area contributed by atoms with Crippen molar-refractivity contribution in [2.45, 2.75) is 26.2 Å². The highest BCUT2D eigenvalue weighted by molar-refractivity contribution is 7.09. The van der Waals surface area contributed by atoms with E-state index in [9.17, 15) is 4.39 Å². The van der Waals surface area contributed by atoms with Crippen LogP contribution in [-0.2, 0) is 6.42 Å². The molecule has 0 aliphatic carbocycles. The van der Waals surface area contributed by atoms with Gasteiger partial charge in [-0.25, -0.2) is 9.37 Å². The van der Waals surface area contributed by atoms with E-state index in [1.54, 1.807) is 18.3 Å². The molecule has 0 bridgehead atoms. The minimum absolute atomic E-state index is 0.155. The Morgan fingerprint density at radius 1 is 1.45 bits per heavy atom. The number of halogens is 1. The number of aromatic nitrogens is 1. The molecule has 20 heavy (non-hydrogen) atoms. The zero-order valence-electron chi connectivity index (χ0n) is 11.7. The summed E-state index contributed by atoms with van der Waals surface area (Å²) in [6.07, 6.45) is 3.61. The van der Waals surface area contributed by atoms with Crippen molar-refractivity contribution in [3.05, 3.63) is 40.0 Å². The number of thiazole rings is 1. The van der Waals surface area contributed by atoms with Gasteiger partial charge >= 0.3 is 0 Å². The Morgan fingerprint density at radius 3 is 3.10 bits per heavy atom. The molecule has 1 unspecified atom stereocenters. The summed E-state index contributed by atoms with van der Waals surface area (Å²) in [5.41, 5.74) is 2.65. The minimum Gasteiger partial charge on any atom is -0.316 e. The molecule has 1 aromatic heterocycles. The fourth-order valence-electron chi connectivity index (χ4n) is 2.69. The van der Waals surface area contributed by atoms with Crippen LogP contribution in [0.4, 0.5) is 4.39 Å². The molecule has 0 radical (unpaired) electrons. The number of piperidine rings is 1. The maximum absolute atomic E-state index is 13.3. The zero-order valence-corrected chi connectivity index (χ0v) is 12.5. The SMILES string of the molecule is Cc1cc(-c2csc(CC3CCCNC3)n2)ccc1F. The first-order chi connectivity index (χ1) is 9.72. The molecule has 1 N–H and O–H groups in total. The average molecular weight is 290 g/mol. The zero-order chi connectivity index (χ0) is 13.9. The van der Waals surface area contributed by atoms with Gasteiger partial charge in [-0.15, -0.1) is 11.3 Å². The highest BCUT2D eigenvalue weighted by atomic mass is 32.1. The second-order valence-electron chi connectivity index (χ2n) is 5.51. The quantitative estimate of drug-likeness (QED) is 0.930. The first-order valence-electron chi connectivity index (χ1n) is 7.14. The van der Waals surface area contributed by atoms with E-state index in [2.05, 4.69) is 10.7 Å². The fourth-order valence-corrected chi connectivity index (χ4v) is 3.61. The third kappa shape index (κ3) is 3.07. The average Bonchev–Trinajstić information content (AvgIpc) is 2.91. The largest absolute Gasteiger partial charge is 0.316 e. The number of aryl methyl sites for hydroxylation is 1. The van der Waals surface area contributed by atoms with Crippen molar-refractivity contribution in [3.63, 3.8) is 0 Å². The third-order valence-electron chi connectivity index (χ3n) is 3.87. The van der Waals surface area contributed by atoms with Gasteiger partial charge in [0, 0.05) is 17.4 Å². The Hall–Kier alpha value is -1.26. The van der Waals surface area contributed by atoms with E-state index in [0.29, 0.717) is 11.5 Å². The molecule has 0 spiro atoms. The van der Waals surface area contributed by atoms with Gasteiger partial charge in [-0.3, -0.25) is 0 Å². The van der Waals surface area contributed by atoms with Gasteiger partial charge in [0.25, 0.3) is 0 Å². The number of benzene rings is 1.